The molecule has 0 spiro atoms. The highest BCUT2D eigenvalue weighted by atomic mass is 32.1. The van der Waals surface area contributed by atoms with E-state index in [2.05, 4.69) is 31.4 Å². The van der Waals surface area contributed by atoms with Gasteiger partial charge in [-0.1, -0.05) is 6.92 Å². The number of nitrogens with one attached hydrogen (secondary N) is 1. The predicted octanol–water partition coefficient (Wildman–Crippen LogP) is 2.50. The number of hydrogen-bond donors (Lipinski definition) is 2. The second-order valence-corrected chi connectivity index (χ2v) is 6.21. The fourth-order valence-corrected chi connectivity index (χ4v) is 3.42. The van der Waals surface area contributed by atoms with Crippen molar-refractivity contribution < 1.29 is 4.74 Å². The van der Waals surface area contributed by atoms with Gasteiger partial charge in [-0.3, -0.25) is 11.3 Å². The lowest BCUT2D eigenvalue weighted by Gasteiger charge is -2.26. The predicted molar refractivity (Wildman–Crippen MR) is 76.7 cm³/mol. The summed E-state index contributed by atoms with van der Waals surface area (Å²) in [6.07, 6.45) is 4.93. The summed E-state index contributed by atoms with van der Waals surface area (Å²) in [6.45, 7) is 5.02. The quantitative estimate of drug-likeness (QED) is 0.562. The average molecular weight is 268 g/mol. The molecule has 1 saturated carbocycles. The molecule has 0 saturated heterocycles. The molecule has 0 amide bonds. The van der Waals surface area contributed by atoms with Crippen LogP contribution in [0.3, 0.4) is 0 Å². The summed E-state index contributed by atoms with van der Waals surface area (Å²) in [5.41, 5.74) is 2.97. The first-order valence-electron chi connectivity index (χ1n) is 6.93. The number of rotatable bonds is 8. The Labute approximate surface area is 114 Å². The molecule has 1 aromatic rings. The molecule has 1 heterocycles. The fourth-order valence-electron chi connectivity index (χ4n) is 2.41. The van der Waals surface area contributed by atoms with Gasteiger partial charge in [0, 0.05) is 22.8 Å². The summed E-state index contributed by atoms with van der Waals surface area (Å²) in [4.78, 5) is 2.85. The van der Waals surface area contributed by atoms with Gasteiger partial charge in [-0.15, -0.1) is 11.3 Å². The molecule has 3 N–H and O–H groups in total. The van der Waals surface area contributed by atoms with Gasteiger partial charge in [-0.25, -0.2) is 0 Å². The minimum atomic E-state index is 0.237. The van der Waals surface area contributed by atoms with Gasteiger partial charge < -0.3 is 4.74 Å². The van der Waals surface area contributed by atoms with Crippen LogP contribution in [0.15, 0.2) is 12.1 Å². The Morgan fingerprint density at radius 2 is 2.11 bits per heavy atom. The van der Waals surface area contributed by atoms with Crippen molar-refractivity contribution in [2.24, 2.45) is 11.8 Å². The fraction of sp³-hybridized carbons (Fsp3) is 0.714. The van der Waals surface area contributed by atoms with E-state index in [1.807, 2.05) is 11.3 Å². The molecule has 0 radical (unpaired) electrons. The minimum absolute atomic E-state index is 0.237. The molecule has 1 aromatic heterocycles. The van der Waals surface area contributed by atoms with E-state index in [-0.39, 0.29) is 12.1 Å². The van der Waals surface area contributed by atoms with E-state index in [1.165, 1.54) is 22.6 Å². The summed E-state index contributed by atoms with van der Waals surface area (Å²) in [7, 11) is 0. The zero-order chi connectivity index (χ0) is 13.0. The molecular formula is C14H24N2OS. The topological polar surface area (TPSA) is 47.3 Å². The highest BCUT2D eigenvalue weighted by molar-refractivity contribution is 7.11. The monoisotopic (exact) mass is 268 g/mol. The van der Waals surface area contributed by atoms with Gasteiger partial charge in [-0.2, -0.15) is 0 Å². The van der Waals surface area contributed by atoms with Crippen molar-refractivity contribution in [2.45, 2.75) is 51.7 Å². The highest BCUT2D eigenvalue weighted by Gasteiger charge is 2.37. The van der Waals surface area contributed by atoms with Crippen LogP contribution in [0.2, 0.25) is 0 Å². The SMILES string of the molecule is CCOC(C1CC1)C(Cc1ccc(CC)s1)NN. The number of thiophene rings is 1. The summed E-state index contributed by atoms with van der Waals surface area (Å²) in [5.74, 6) is 6.44. The van der Waals surface area contributed by atoms with E-state index >= 15 is 0 Å². The van der Waals surface area contributed by atoms with E-state index in [1.54, 1.807) is 0 Å². The number of aryl methyl sites for hydroxylation is 1. The summed E-state index contributed by atoms with van der Waals surface area (Å²) in [6, 6.07) is 4.69. The average Bonchev–Trinajstić information content (AvgIpc) is 3.13. The second kappa shape index (κ2) is 6.66. The first-order valence-corrected chi connectivity index (χ1v) is 7.75. The number of nitrogens with two attached hydrogens (primary N) is 1. The summed E-state index contributed by atoms with van der Waals surface area (Å²) in [5, 5.41) is 0. The Kier molecular flexibility index (Phi) is 5.18. The highest BCUT2D eigenvalue weighted by Crippen LogP contribution is 2.36. The largest absolute Gasteiger partial charge is 0.377 e. The van der Waals surface area contributed by atoms with Crippen molar-refractivity contribution in [3.05, 3.63) is 21.9 Å². The molecule has 1 aliphatic rings. The van der Waals surface area contributed by atoms with Gasteiger partial charge in [0.2, 0.25) is 0 Å². The van der Waals surface area contributed by atoms with Gasteiger partial charge >= 0.3 is 0 Å². The van der Waals surface area contributed by atoms with E-state index in [9.17, 15) is 0 Å². The molecule has 1 fully saturated rings. The number of ether oxygens (including phenoxy) is 1. The Morgan fingerprint density at radius 1 is 1.39 bits per heavy atom. The molecule has 2 atom stereocenters. The van der Waals surface area contributed by atoms with Gasteiger partial charge in [0.25, 0.3) is 0 Å². The van der Waals surface area contributed by atoms with Crippen molar-refractivity contribution in [1.82, 2.24) is 5.43 Å². The van der Waals surface area contributed by atoms with Crippen LogP contribution in [-0.2, 0) is 17.6 Å². The first-order chi connectivity index (χ1) is 8.78. The molecule has 0 bridgehead atoms. The van der Waals surface area contributed by atoms with Crippen molar-refractivity contribution in [1.29, 1.82) is 0 Å². The van der Waals surface area contributed by atoms with Crippen molar-refractivity contribution in [3.8, 4) is 0 Å². The van der Waals surface area contributed by atoms with Gasteiger partial charge in [0.15, 0.2) is 0 Å². The first kappa shape index (κ1) is 14.0. The Balaban J connectivity index is 1.98. The van der Waals surface area contributed by atoms with Crippen LogP contribution < -0.4 is 11.3 Å². The minimum Gasteiger partial charge on any atom is -0.377 e. The van der Waals surface area contributed by atoms with Crippen molar-refractivity contribution in [3.63, 3.8) is 0 Å². The lowest BCUT2D eigenvalue weighted by Crippen LogP contribution is -2.47. The van der Waals surface area contributed by atoms with Gasteiger partial charge in [0.05, 0.1) is 12.1 Å². The van der Waals surface area contributed by atoms with Gasteiger partial charge in [0.1, 0.15) is 0 Å². The van der Waals surface area contributed by atoms with E-state index < -0.39 is 0 Å². The molecule has 0 aromatic carbocycles. The van der Waals surface area contributed by atoms with Crippen LogP contribution in [0.5, 0.6) is 0 Å². The van der Waals surface area contributed by atoms with E-state index in [0.29, 0.717) is 5.92 Å². The van der Waals surface area contributed by atoms with Crippen LogP contribution in [-0.4, -0.2) is 18.8 Å². The summed E-state index contributed by atoms with van der Waals surface area (Å²) < 4.78 is 5.89. The Bertz CT molecular complexity index is 362. The lowest BCUT2D eigenvalue weighted by atomic mass is 10.0. The number of hydrazine groups is 1. The normalized spacial score (nSPS) is 18.8. The third-order valence-electron chi connectivity index (χ3n) is 3.54. The van der Waals surface area contributed by atoms with Crippen LogP contribution in [0.1, 0.15) is 36.4 Å². The Morgan fingerprint density at radius 3 is 2.61 bits per heavy atom. The van der Waals surface area contributed by atoms with Crippen LogP contribution in [0, 0.1) is 5.92 Å². The molecule has 1 aliphatic carbocycles. The smallest absolute Gasteiger partial charge is 0.0772 e. The Hall–Kier alpha value is -0.420. The molecule has 3 nitrogen and oxygen atoms in total. The van der Waals surface area contributed by atoms with E-state index in [4.69, 9.17) is 10.6 Å². The molecule has 102 valence electrons. The maximum absolute atomic E-state index is 5.89. The van der Waals surface area contributed by atoms with Crippen LogP contribution in [0.4, 0.5) is 0 Å². The zero-order valence-electron chi connectivity index (χ0n) is 11.3. The maximum atomic E-state index is 5.89. The molecule has 2 rings (SSSR count). The van der Waals surface area contributed by atoms with Crippen LogP contribution in [0.25, 0.3) is 0 Å². The molecule has 18 heavy (non-hydrogen) atoms. The lowest BCUT2D eigenvalue weighted by molar-refractivity contribution is 0.0194. The third-order valence-corrected chi connectivity index (χ3v) is 4.80. The zero-order valence-corrected chi connectivity index (χ0v) is 12.1. The van der Waals surface area contributed by atoms with E-state index in [0.717, 1.165) is 19.4 Å². The van der Waals surface area contributed by atoms with Crippen molar-refractivity contribution >= 4 is 11.3 Å². The standard InChI is InChI=1S/C14H24N2OS/c1-3-11-7-8-12(18-11)9-13(16-15)14(17-4-2)10-5-6-10/h7-8,10,13-14,16H,3-6,9,15H2,1-2H3. The van der Waals surface area contributed by atoms with Crippen LogP contribution >= 0.6 is 11.3 Å². The molecule has 0 aliphatic heterocycles. The third kappa shape index (κ3) is 3.54. The summed E-state index contributed by atoms with van der Waals surface area (Å²) >= 11 is 1.89. The second-order valence-electron chi connectivity index (χ2n) is 4.96. The molecular weight excluding hydrogens is 244 g/mol. The maximum Gasteiger partial charge on any atom is 0.0772 e. The molecule has 2 unspecified atom stereocenters. The molecule has 4 heteroatoms. The number of hydrogen-bond acceptors (Lipinski definition) is 4. The van der Waals surface area contributed by atoms with Gasteiger partial charge in [-0.05, 0) is 44.2 Å². The van der Waals surface area contributed by atoms with Crippen molar-refractivity contribution in [2.75, 3.05) is 6.61 Å².